The molecule has 27 heavy (non-hydrogen) atoms. The van der Waals surface area contributed by atoms with Gasteiger partial charge in [-0.25, -0.2) is 0 Å². The van der Waals surface area contributed by atoms with Crippen molar-refractivity contribution in [3.05, 3.63) is 70.7 Å². The van der Waals surface area contributed by atoms with Gasteiger partial charge in [0.15, 0.2) is 5.79 Å². The van der Waals surface area contributed by atoms with E-state index in [1.807, 2.05) is 47.4 Å². The van der Waals surface area contributed by atoms with Gasteiger partial charge in [-0.2, -0.15) is 0 Å². The minimum atomic E-state index is -0.466. The fourth-order valence-electron chi connectivity index (χ4n) is 3.97. The maximum atomic E-state index is 13.4. The largest absolute Gasteiger partial charge is 0.347 e. The van der Waals surface area contributed by atoms with E-state index < -0.39 is 5.79 Å². The number of halogens is 1. The van der Waals surface area contributed by atoms with Crippen molar-refractivity contribution in [1.82, 2.24) is 4.90 Å². The Kier molecular flexibility index (Phi) is 5.48. The summed E-state index contributed by atoms with van der Waals surface area (Å²) in [6.45, 7) is 2.63. The average molecular weight is 386 g/mol. The van der Waals surface area contributed by atoms with Gasteiger partial charge in [-0.3, -0.25) is 4.79 Å². The highest BCUT2D eigenvalue weighted by atomic mass is 35.5. The van der Waals surface area contributed by atoms with Gasteiger partial charge in [-0.05, 0) is 29.7 Å². The number of likely N-dealkylation sites (tertiary alicyclic amines) is 1. The highest BCUT2D eigenvalue weighted by Crippen LogP contribution is 2.33. The zero-order valence-corrected chi connectivity index (χ0v) is 16.0. The van der Waals surface area contributed by atoms with E-state index in [2.05, 4.69) is 12.1 Å². The van der Waals surface area contributed by atoms with Crippen molar-refractivity contribution < 1.29 is 14.3 Å². The van der Waals surface area contributed by atoms with E-state index in [4.69, 9.17) is 21.1 Å². The van der Waals surface area contributed by atoms with E-state index in [0.717, 1.165) is 24.0 Å². The first kappa shape index (κ1) is 18.5. The lowest BCUT2D eigenvalue weighted by Gasteiger charge is -2.39. The Bertz CT molecular complexity index is 762. The van der Waals surface area contributed by atoms with E-state index in [0.29, 0.717) is 37.7 Å². The molecule has 2 heterocycles. The molecule has 2 aliphatic rings. The van der Waals surface area contributed by atoms with Crippen molar-refractivity contribution in [1.29, 1.82) is 0 Å². The van der Waals surface area contributed by atoms with Crippen molar-refractivity contribution in [3.8, 4) is 0 Å². The zero-order chi connectivity index (χ0) is 18.7. The second kappa shape index (κ2) is 8.01. The van der Waals surface area contributed by atoms with Gasteiger partial charge in [-0.1, -0.05) is 54.1 Å². The number of rotatable bonds is 4. The Morgan fingerprint density at radius 1 is 1.00 bits per heavy atom. The van der Waals surface area contributed by atoms with Crippen molar-refractivity contribution in [3.63, 3.8) is 0 Å². The quantitative estimate of drug-likeness (QED) is 0.797. The van der Waals surface area contributed by atoms with Crippen LogP contribution < -0.4 is 0 Å². The molecule has 1 unspecified atom stereocenters. The molecule has 1 spiro atoms. The van der Waals surface area contributed by atoms with Crippen LogP contribution in [-0.2, 0) is 20.7 Å². The molecular weight excluding hydrogens is 362 g/mol. The highest BCUT2D eigenvalue weighted by Gasteiger charge is 2.41. The second-order valence-electron chi connectivity index (χ2n) is 7.23. The third-order valence-corrected chi connectivity index (χ3v) is 5.76. The monoisotopic (exact) mass is 385 g/mol. The molecule has 1 amide bonds. The molecule has 4 rings (SSSR count). The molecule has 0 bridgehead atoms. The topological polar surface area (TPSA) is 38.8 Å². The second-order valence-corrected chi connectivity index (χ2v) is 7.66. The van der Waals surface area contributed by atoms with Crippen LogP contribution in [0.15, 0.2) is 54.6 Å². The first-order valence-electron chi connectivity index (χ1n) is 9.51. The molecule has 4 nitrogen and oxygen atoms in total. The Hall–Kier alpha value is -1.88. The van der Waals surface area contributed by atoms with Crippen LogP contribution in [0, 0.1) is 0 Å². The van der Waals surface area contributed by atoms with Crippen LogP contribution in [0.5, 0.6) is 0 Å². The van der Waals surface area contributed by atoms with Gasteiger partial charge >= 0.3 is 0 Å². The molecule has 0 saturated carbocycles. The smallest absolute Gasteiger partial charge is 0.230 e. The highest BCUT2D eigenvalue weighted by molar-refractivity contribution is 6.30. The molecule has 5 heteroatoms. The van der Waals surface area contributed by atoms with Gasteiger partial charge in [0.25, 0.3) is 0 Å². The fraction of sp³-hybridized carbons (Fsp3) is 0.409. The first-order valence-corrected chi connectivity index (χ1v) is 9.89. The molecule has 2 fully saturated rings. The van der Waals surface area contributed by atoms with E-state index in [1.165, 1.54) is 0 Å². The van der Waals surface area contributed by atoms with Crippen molar-refractivity contribution in [2.75, 3.05) is 26.3 Å². The Morgan fingerprint density at radius 3 is 2.26 bits per heavy atom. The maximum absolute atomic E-state index is 13.4. The Morgan fingerprint density at radius 2 is 1.63 bits per heavy atom. The lowest BCUT2D eigenvalue weighted by Crippen LogP contribution is -2.48. The molecule has 0 radical (unpaired) electrons. The van der Waals surface area contributed by atoms with Gasteiger partial charge in [0.2, 0.25) is 5.91 Å². The number of amides is 1. The third-order valence-electron chi connectivity index (χ3n) is 5.50. The lowest BCUT2D eigenvalue weighted by molar-refractivity contribution is -0.187. The molecule has 0 aliphatic carbocycles. The van der Waals surface area contributed by atoms with Crippen LogP contribution in [0.1, 0.15) is 29.9 Å². The molecule has 2 aromatic rings. The predicted molar refractivity (Wildman–Crippen MR) is 105 cm³/mol. The maximum Gasteiger partial charge on any atom is 0.230 e. The first-order chi connectivity index (χ1) is 13.2. The molecule has 142 valence electrons. The van der Waals surface area contributed by atoms with E-state index in [1.54, 1.807) is 0 Å². The number of nitrogens with zero attached hydrogens (tertiary/aromatic N) is 1. The summed E-state index contributed by atoms with van der Waals surface area (Å²) in [4.78, 5) is 15.4. The normalized spacial score (nSPS) is 20.0. The summed E-state index contributed by atoms with van der Waals surface area (Å²) in [6, 6.07) is 17.8. The van der Waals surface area contributed by atoms with Crippen molar-refractivity contribution >= 4 is 17.5 Å². The third kappa shape index (κ3) is 4.18. The number of hydrogen-bond acceptors (Lipinski definition) is 3. The van der Waals surface area contributed by atoms with E-state index >= 15 is 0 Å². The minimum absolute atomic E-state index is 0.161. The van der Waals surface area contributed by atoms with E-state index in [9.17, 15) is 4.79 Å². The van der Waals surface area contributed by atoms with Gasteiger partial charge in [-0.15, -0.1) is 0 Å². The summed E-state index contributed by atoms with van der Waals surface area (Å²) in [6.07, 6.45) is 2.14. The number of carbonyl (C=O) groups excluding carboxylic acids is 1. The Balaban J connectivity index is 1.52. The van der Waals surface area contributed by atoms with Crippen molar-refractivity contribution in [2.24, 2.45) is 0 Å². The summed E-state index contributed by atoms with van der Waals surface area (Å²) in [5.41, 5.74) is 2.16. The Labute approximate surface area is 165 Å². The number of benzene rings is 2. The van der Waals surface area contributed by atoms with Crippen LogP contribution >= 0.6 is 11.6 Å². The molecular formula is C22H24ClNO3. The minimum Gasteiger partial charge on any atom is -0.347 e. The van der Waals surface area contributed by atoms with Crippen molar-refractivity contribution in [2.45, 2.75) is 31.0 Å². The van der Waals surface area contributed by atoms with Crippen LogP contribution in [0.4, 0.5) is 0 Å². The van der Waals surface area contributed by atoms with Gasteiger partial charge in [0.05, 0.1) is 19.1 Å². The molecule has 2 aromatic carbocycles. The summed E-state index contributed by atoms with van der Waals surface area (Å²) in [7, 11) is 0. The number of piperidine rings is 1. The van der Waals surface area contributed by atoms with Crippen LogP contribution in [0.2, 0.25) is 5.02 Å². The van der Waals surface area contributed by atoms with Gasteiger partial charge in [0, 0.05) is 31.0 Å². The van der Waals surface area contributed by atoms with Gasteiger partial charge in [0.1, 0.15) is 0 Å². The zero-order valence-electron chi connectivity index (χ0n) is 15.3. The van der Waals surface area contributed by atoms with Crippen LogP contribution in [0.25, 0.3) is 0 Å². The van der Waals surface area contributed by atoms with Crippen LogP contribution in [0.3, 0.4) is 0 Å². The molecule has 0 aromatic heterocycles. The summed E-state index contributed by atoms with van der Waals surface area (Å²) >= 11 is 6.05. The lowest BCUT2D eigenvalue weighted by atomic mass is 9.89. The summed E-state index contributed by atoms with van der Waals surface area (Å²) in [5, 5.41) is 0.681. The standard InChI is InChI=1S/C22H24ClNO3/c23-19-8-6-18(7-9-19)20(16-17-4-2-1-3-5-17)21(25)24-12-10-22(11-13-24)26-14-15-27-22/h1-9,20H,10-16H2. The molecule has 0 N–H and O–H groups in total. The van der Waals surface area contributed by atoms with E-state index in [-0.39, 0.29) is 11.8 Å². The summed E-state index contributed by atoms with van der Waals surface area (Å²) in [5.74, 6) is -0.524. The van der Waals surface area contributed by atoms with Crippen LogP contribution in [-0.4, -0.2) is 42.9 Å². The summed E-state index contributed by atoms with van der Waals surface area (Å²) < 4.78 is 11.6. The number of ether oxygens (including phenoxy) is 2. The number of carbonyl (C=O) groups is 1. The molecule has 1 atom stereocenters. The SMILES string of the molecule is O=C(C(Cc1ccccc1)c1ccc(Cl)cc1)N1CCC2(CC1)OCCO2. The fourth-order valence-corrected chi connectivity index (χ4v) is 4.09. The predicted octanol–water partition coefficient (Wildman–Crippen LogP) is 4.03. The molecule has 2 aliphatic heterocycles. The average Bonchev–Trinajstić information content (AvgIpc) is 3.16. The molecule has 2 saturated heterocycles. The number of hydrogen-bond donors (Lipinski definition) is 0. The van der Waals surface area contributed by atoms with Gasteiger partial charge < -0.3 is 14.4 Å².